The number of nitrogens with zero attached hydrogens (tertiary/aromatic N) is 2. The van der Waals surface area contributed by atoms with Crippen LogP contribution in [0.25, 0.3) is 32.7 Å². The van der Waals surface area contributed by atoms with E-state index in [4.69, 9.17) is 0 Å². The van der Waals surface area contributed by atoms with Gasteiger partial charge in [0.25, 0.3) is 0 Å². The van der Waals surface area contributed by atoms with E-state index in [-0.39, 0.29) is 25.3 Å². The number of urea groups is 1. The average molecular weight is 717 g/mol. The lowest BCUT2D eigenvalue weighted by atomic mass is 9.30. The van der Waals surface area contributed by atoms with Crippen LogP contribution in [0.5, 0.6) is 0 Å². The highest BCUT2D eigenvalue weighted by molar-refractivity contribution is 6.99. The molecule has 0 aromatic heterocycles. The van der Waals surface area contributed by atoms with Crippen molar-refractivity contribution in [1.29, 1.82) is 0 Å². The number of carbonyl (C=O) groups is 1. The Morgan fingerprint density at radius 2 is 1.27 bits per heavy atom. The van der Waals surface area contributed by atoms with Crippen LogP contribution in [-0.2, 0) is 0 Å². The molecular formula is C51H38B2N2O. The molecule has 5 heteroatoms. The first kappa shape index (κ1) is 32.9. The van der Waals surface area contributed by atoms with E-state index in [2.05, 4.69) is 174 Å². The second kappa shape index (κ2) is 12.0. The topological polar surface area (TPSA) is 23.6 Å². The van der Waals surface area contributed by atoms with Crippen LogP contribution in [0.3, 0.4) is 0 Å². The number of amides is 2. The lowest BCUT2D eigenvalue weighted by molar-refractivity contribution is 0.255. The third-order valence-corrected chi connectivity index (χ3v) is 13.0. The molecule has 11 rings (SSSR count). The summed E-state index contributed by atoms with van der Waals surface area (Å²) in [6, 6.07) is 42.0. The quantitative estimate of drug-likeness (QED) is 0.132. The summed E-state index contributed by atoms with van der Waals surface area (Å²) in [6.07, 6.45) is 6.19. The van der Waals surface area contributed by atoms with E-state index in [1.165, 1.54) is 44.4 Å². The number of allylic oxidation sites excluding steroid dienone is 4. The molecule has 1 unspecified atom stereocenters. The second-order valence-corrected chi connectivity index (χ2v) is 16.1. The number of hydrogen-bond acceptors (Lipinski definition) is 1. The van der Waals surface area contributed by atoms with Crippen molar-refractivity contribution in [2.75, 3.05) is 9.80 Å². The molecule has 1 aliphatic carbocycles. The normalized spacial score (nSPS) is 16.1. The van der Waals surface area contributed by atoms with E-state index in [9.17, 15) is 0 Å². The van der Waals surface area contributed by atoms with Crippen molar-refractivity contribution >= 4 is 91.1 Å². The fourth-order valence-electron chi connectivity index (χ4n) is 10.6. The second-order valence-electron chi connectivity index (χ2n) is 16.1. The lowest BCUT2D eigenvalue weighted by Crippen LogP contribution is -2.63. The molecule has 0 radical (unpaired) electrons. The predicted octanol–water partition coefficient (Wildman–Crippen LogP) is 8.95. The molecule has 264 valence electrons. The Hall–Kier alpha value is -6.50. The van der Waals surface area contributed by atoms with Crippen molar-refractivity contribution in [3.8, 4) is 23.0 Å². The van der Waals surface area contributed by atoms with Gasteiger partial charge in [-0.3, -0.25) is 9.80 Å². The summed E-state index contributed by atoms with van der Waals surface area (Å²) < 4.78 is 0. The number of fused-ring (bicyclic) bond motifs is 6. The minimum absolute atomic E-state index is 0.0457. The number of anilines is 4. The van der Waals surface area contributed by atoms with Crippen LogP contribution < -0.4 is 37.1 Å². The Morgan fingerprint density at radius 3 is 2.05 bits per heavy atom. The highest BCUT2D eigenvalue weighted by atomic mass is 16.2. The van der Waals surface area contributed by atoms with Crippen LogP contribution in [0.15, 0.2) is 139 Å². The molecule has 0 spiro atoms. The number of benzene rings is 7. The molecule has 0 saturated heterocycles. The van der Waals surface area contributed by atoms with Crippen LogP contribution in [0.2, 0.25) is 5.82 Å². The molecule has 0 bridgehead atoms. The zero-order chi connectivity index (χ0) is 38.0. The smallest absolute Gasteiger partial charge is 0.263 e. The Balaban J connectivity index is 1.27. The first-order chi connectivity index (χ1) is 27.3. The van der Waals surface area contributed by atoms with Crippen LogP contribution in [-0.4, -0.2) is 19.5 Å². The van der Waals surface area contributed by atoms with E-state index >= 15 is 4.79 Å². The number of carbonyl (C=O) groups excluding carboxylic acids is 1. The lowest BCUT2D eigenvalue weighted by Gasteiger charge is -2.47. The minimum Gasteiger partial charge on any atom is -0.263 e. The Labute approximate surface area is 329 Å². The maximum Gasteiger partial charge on any atom is 0.338 e. The van der Waals surface area contributed by atoms with Crippen LogP contribution in [0, 0.1) is 39.5 Å². The highest BCUT2D eigenvalue weighted by Gasteiger charge is 2.50. The van der Waals surface area contributed by atoms with Crippen LogP contribution >= 0.6 is 0 Å². The third kappa shape index (κ3) is 4.42. The maximum atomic E-state index is 15.9. The van der Waals surface area contributed by atoms with Gasteiger partial charge in [-0.1, -0.05) is 149 Å². The van der Waals surface area contributed by atoms with Crippen LogP contribution in [0.4, 0.5) is 27.5 Å². The van der Waals surface area contributed by atoms with E-state index in [1.807, 2.05) is 15.9 Å². The van der Waals surface area contributed by atoms with Crippen molar-refractivity contribution in [2.45, 2.75) is 40.4 Å². The zero-order valence-corrected chi connectivity index (χ0v) is 32.2. The summed E-state index contributed by atoms with van der Waals surface area (Å²) in [5, 5.41) is 4.58. The van der Waals surface area contributed by atoms with Gasteiger partial charge < -0.3 is 0 Å². The monoisotopic (exact) mass is 716 g/mol. The summed E-state index contributed by atoms with van der Waals surface area (Å²) in [6.45, 7) is 10.9. The first-order valence-electron chi connectivity index (χ1n) is 19.7. The molecule has 0 N–H and O–H groups in total. The fourth-order valence-corrected chi connectivity index (χ4v) is 10.6. The zero-order valence-electron chi connectivity index (χ0n) is 32.2. The standard InChI is InChI=1S/C51H38B2N2O/c1-30-13-7-6-8-20-39(30)52-40-25-21-36-22-26-41-49-46(36)50(40)55(44-28-23-35-18-9-10-19-38(35)48(44)52)51(56)54(49)43-27-24-37(45-31(2)14-11-15-32(45)3)29-42(43)53(41)47-33(4)16-12-17-34(47)5/h6-7,9-19,21-29,39H,1-5H3. The summed E-state index contributed by atoms with van der Waals surface area (Å²) in [5.41, 5.74) is 18.4. The molecule has 56 heavy (non-hydrogen) atoms. The predicted molar refractivity (Wildman–Crippen MR) is 239 cm³/mol. The maximum absolute atomic E-state index is 15.9. The average Bonchev–Trinajstić information content (AvgIpc) is 3.42. The minimum atomic E-state index is -0.0733. The van der Waals surface area contributed by atoms with Crippen molar-refractivity contribution in [3.63, 3.8) is 0 Å². The number of hydrogen-bond donors (Lipinski definition) is 0. The van der Waals surface area contributed by atoms with Crippen molar-refractivity contribution < 1.29 is 4.79 Å². The van der Waals surface area contributed by atoms with E-state index in [0.29, 0.717) is 0 Å². The van der Waals surface area contributed by atoms with Crippen LogP contribution in [0.1, 0.15) is 29.2 Å². The molecule has 0 fully saturated rings. The molecule has 2 amide bonds. The van der Waals surface area contributed by atoms with E-state index in [0.717, 1.165) is 66.1 Å². The molecule has 3 heterocycles. The Bertz CT molecular complexity index is 3010. The SMILES string of the molecule is CC1=CC=CC#CC1B1c2ccc3ccc4c5c3c2N(C(=O)N5c2ccc(-c3c(C)cccc3C)cc2B4c2c(C)cccc2C)c2ccc3ccccc3c21. The highest BCUT2D eigenvalue weighted by Crippen LogP contribution is 2.49. The Kier molecular flexibility index (Phi) is 7.05. The van der Waals surface area contributed by atoms with Gasteiger partial charge in [-0.05, 0) is 113 Å². The number of rotatable bonds is 3. The summed E-state index contributed by atoms with van der Waals surface area (Å²) in [5.74, 6) is 6.94. The van der Waals surface area contributed by atoms with Gasteiger partial charge in [0.2, 0.25) is 13.4 Å². The van der Waals surface area contributed by atoms with Crippen molar-refractivity contribution in [2.24, 2.45) is 0 Å². The molecule has 4 aliphatic rings. The van der Waals surface area contributed by atoms with Gasteiger partial charge in [0, 0.05) is 22.6 Å². The summed E-state index contributed by atoms with van der Waals surface area (Å²) in [4.78, 5) is 20.0. The molecule has 1 atom stereocenters. The fraction of sp³-hybridized carbons (Fsp3) is 0.118. The Morgan fingerprint density at radius 1 is 0.607 bits per heavy atom. The molecule has 7 aromatic carbocycles. The summed E-state index contributed by atoms with van der Waals surface area (Å²) in [7, 11) is 0. The third-order valence-electron chi connectivity index (χ3n) is 13.0. The molecule has 3 nitrogen and oxygen atoms in total. The van der Waals surface area contributed by atoms with Gasteiger partial charge in [0.1, 0.15) is 0 Å². The molecular weight excluding hydrogens is 678 g/mol. The van der Waals surface area contributed by atoms with Gasteiger partial charge in [-0.25, -0.2) is 4.79 Å². The van der Waals surface area contributed by atoms with Gasteiger partial charge in [-0.2, -0.15) is 0 Å². The van der Waals surface area contributed by atoms with Gasteiger partial charge in [0.05, 0.1) is 11.4 Å². The van der Waals surface area contributed by atoms with E-state index in [1.54, 1.807) is 0 Å². The van der Waals surface area contributed by atoms with Crippen molar-refractivity contribution in [3.05, 3.63) is 161 Å². The van der Waals surface area contributed by atoms with Gasteiger partial charge in [-0.15, -0.1) is 0 Å². The largest absolute Gasteiger partial charge is 0.338 e. The first-order valence-corrected chi connectivity index (χ1v) is 19.7. The van der Waals surface area contributed by atoms with Gasteiger partial charge >= 0.3 is 6.03 Å². The number of aryl methyl sites for hydroxylation is 4. The van der Waals surface area contributed by atoms with Gasteiger partial charge in [0.15, 0.2) is 0 Å². The van der Waals surface area contributed by atoms with E-state index < -0.39 is 0 Å². The molecule has 3 aliphatic heterocycles. The van der Waals surface area contributed by atoms with Crippen molar-refractivity contribution in [1.82, 2.24) is 0 Å². The molecule has 7 aromatic rings. The molecule has 0 saturated carbocycles. The summed E-state index contributed by atoms with van der Waals surface area (Å²) >= 11 is 0.